The average molecular weight is 296 g/mol. The molecule has 0 fully saturated rings. The normalized spacial score (nSPS) is 11.8. The maximum atomic E-state index is 11.8. The van der Waals surface area contributed by atoms with Crippen LogP contribution in [0.1, 0.15) is 20.8 Å². The van der Waals surface area contributed by atoms with E-state index in [-0.39, 0.29) is 11.9 Å². The van der Waals surface area contributed by atoms with Crippen molar-refractivity contribution >= 4 is 28.4 Å². The van der Waals surface area contributed by atoms with Gasteiger partial charge in [0.15, 0.2) is 6.04 Å². The van der Waals surface area contributed by atoms with Gasteiger partial charge in [-0.15, -0.1) is 0 Å². The van der Waals surface area contributed by atoms with Crippen molar-refractivity contribution in [3.05, 3.63) is 42.5 Å². The van der Waals surface area contributed by atoms with Crippen LogP contribution in [0, 0.1) is 5.92 Å². The second kappa shape index (κ2) is 7.53. The predicted molar refractivity (Wildman–Crippen MR) is 88.7 cm³/mol. The number of nitrogens with zero attached hydrogens (tertiary/aromatic N) is 2. The minimum atomic E-state index is -0.571. The lowest BCUT2D eigenvalue weighted by Gasteiger charge is -2.12. The fourth-order valence-electron chi connectivity index (χ4n) is 2.15. The molecule has 0 bridgehead atoms. The van der Waals surface area contributed by atoms with E-state index in [1.165, 1.54) is 0 Å². The third-order valence-electron chi connectivity index (χ3n) is 3.29. The third-order valence-corrected chi connectivity index (χ3v) is 3.29. The molecule has 0 saturated carbocycles. The van der Waals surface area contributed by atoms with E-state index in [1.54, 1.807) is 6.92 Å². The van der Waals surface area contributed by atoms with Crippen molar-refractivity contribution in [1.29, 1.82) is 0 Å². The summed E-state index contributed by atoms with van der Waals surface area (Å²) in [6, 6.07) is 15.9. The summed E-state index contributed by atoms with van der Waals surface area (Å²) in [5.41, 5.74) is 0.785. The molecule has 0 saturated heterocycles. The van der Waals surface area contributed by atoms with Crippen molar-refractivity contribution in [2.75, 3.05) is 6.61 Å². The highest BCUT2D eigenvalue weighted by Gasteiger charge is 2.22. The molecule has 0 aliphatic carbocycles. The SMILES string of the molecule is CCOC(=O)[C@H](N=C=Nc1cccc2ccccc12)C(C)C. The molecule has 2 rings (SSSR count). The van der Waals surface area contributed by atoms with Crippen LogP contribution in [0.15, 0.2) is 52.4 Å². The molecule has 0 aliphatic heterocycles. The van der Waals surface area contributed by atoms with Crippen LogP contribution in [-0.4, -0.2) is 24.6 Å². The molecule has 0 heterocycles. The van der Waals surface area contributed by atoms with Crippen LogP contribution in [-0.2, 0) is 9.53 Å². The first-order valence-corrected chi connectivity index (χ1v) is 7.43. The first-order chi connectivity index (χ1) is 10.6. The standard InChI is InChI=1S/C18H20N2O2/c1-4-22-18(21)17(13(2)3)20-12-19-16-11-7-9-14-8-5-6-10-15(14)16/h5-11,13,17H,4H2,1-3H3/t17-/m1/s1. The lowest BCUT2D eigenvalue weighted by Crippen LogP contribution is -2.26. The lowest BCUT2D eigenvalue weighted by atomic mass is 10.1. The molecule has 0 N–H and O–H groups in total. The third kappa shape index (κ3) is 3.80. The molecule has 2 aromatic rings. The van der Waals surface area contributed by atoms with Crippen molar-refractivity contribution in [3.63, 3.8) is 0 Å². The maximum Gasteiger partial charge on any atom is 0.332 e. The van der Waals surface area contributed by atoms with E-state index in [9.17, 15) is 4.79 Å². The summed E-state index contributed by atoms with van der Waals surface area (Å²) in [4.78, 5) is 20.3. The Kier molecular flexibility index (Phi) is 5.45. The molecule has 2 aromatic carbocycles. The monoisotopic (exact) mass is 296 g/mol. The van der Waals surface area contributed by atoms with Crippen molar-refractivity contribution in [2.24, 2.45) is 15.9 Å². The topological polar surface area (TPSA) is 51.0 Å². The Balaban J connectivity index is 2.30. The van der Waals surface area contributed by atoms with E-state index in [0.29, 0.717) is 6.61 Å². The van der Waals surface area contributed by atoms with E-state index >= 15 is 0 Å². The van der Waals surface area contributed by atoms with E-state index in [4.69, 9.17) is 4.74 Å². The van der Waals surface area contributed by atoms with Crippen LogP contribution in [0.3, 0.4) is 0 Å². The number of carbonyl (C=O) groups excluding carboxylic acids is 1. The number of esters is 1. The molecule has 0 unspecified atom stereocenters. The number of fused-ring (bicyclic) bond motifs is 1. The van der Waals surface area contributed by atoms with Crippen molar-refractivity contribution < 1.29 is 9.53 Å². The van der Waals surface area contributed by atoms with E-state index in [2.05, 4.69) is 16.0 Å². The molecule has 0 spiro atoms. The average Bonchev–Trinajstić information content (AvgIpc) is 2.51. The summed E-state index contributed by atoms with van der Waals surface area (Å²) in [6.45, 7) is 5.97. The van der Waals surface area contributed by atoms with E-state index in [0.717, 1.165) is 16.5 Å². The van der Waals surface area contributed by atoms with Gasteiger partial charge in [0, 0.05) is 5.39 Å². The number of hydrogen-bond donors (Lipinski definition) is 0. The second-order valence-corrected chi connectivity index (χ2v) is 5.28. The predicted octanol–water partition coefficient (Wildman–Crippen LogP) is 4.23. The zero-order valence-corrected chi connectivity index (χ0v) is 13.1. The van der Waals surface area contributed by atoms with Gasteiger partial charge < -0.3 is 4.74 Å². The van der Waals surface area contributed by atoms with Gasteiger partial charge in [0.1, 0.15) is 0 Å². The number of benzene rings is 2. The Morgan fingerprint density at radius 2 is 1.91 bits per heavy atom. The van der Waals surface area contributed by atoms with Crippen LogP contribution >= 0.6 is 0 Å². The number of carbonyl (C=O) groups is 1. The van der Waals surface area contributed by atoms with Crippen LogP contribution in [0.2, 0.25) is 0 Å². The smallest absolute Gasteiger partial charge is 0.332 e. The summed E-state index contributed by atoms with van der Waals surface area (Å²) in [5, 5.41) is 2.14. The van der Waals surface area contributed by atoms with Crippen LogP contribution in [0.4, 0.5) is 5.69 Å². The number of rotatable bonds is 5. The zero-order chi connectivity index (χ0) is 15.9. The van der Waals surface area contributed by atoms with Crippen molar-refractivity contribution in [1.82, 2.24) is 0 Å². The van der Waals surface area contributed by atoms with Crippen LogP contribution in [0.5, 0.6) is 0 Å². The van der Waals surface area contributed by atoms with Gasteiger partial charge in [0.25, 0.3) is 0 Å². The molecule has 4 heteroatoms. The second-order valence-electron chi connectivity index (χ2n) is 5.28. The number of hydrogen-bond acceptors (Lipinski definition) is 4. The summed E-state index contributed by atoms with van der Waals surface area (Å²) in [7, 11) is 0. The molecule has 0 aromatic heterocycles. The summed E-state index contributed by atoms with van der Waals surface area (Å²) in [5.74, 6) is -0.299. The molecule has 0 radical (unpaired) electrons. The van der Waals surface area contributed by atoms with Crippen LogP contribution in [0.25, 0.3) is 10.8 Å². The highest BCUT2D eigenvalue weighted by atomic mass is 16.5. The van der Waals surface area contributed by atoms with Gasteiger partial charge in [-0.25, -0.2) is 9.79 Å². The molecule has 22 heavy (non-hydrogen) atoms. The quantitative estimate of drug-likeness (QED) is 0.612. The van der Waals surface area contributed by atoms with Gasteiger partial charge in [0.2, 0.25) is 0 Å². The van der Waals surface area contributed by atoms with Gasteiger partial charge in [-0.2, -0.15) is 4.99 Å². The minimum Gasteiger partial charge on any atom is -0.464 e. The summed E-state index contributed by atoms with van der Waals surface area (Å²) < 4.78 is 5.02. The van der Waals surface area contributed by atoms with E-state index < -0.39 is 6.04 Å². The van der Waals surface area contributed by atoms with Gasteiger partial charge in [-0.3, -0.25) is 0 Å². The highest BCUT2D eigenvalue weighted by Crippen LogP contribution is 2.24. The Labute approximate surface area is 130 Å². The molecule has 0 aliphatic rings. The highest BCUT2D eigenvalue weighted by molar-refractivity contribution is 5.93. The Bertz CT molecular complexity index is 711. The molecule has 1 atom stereocenters. The van der Waals surface area contributed by atoms with Gasteiger partial charge in [0.05, 0.1) is 18.3 Å². The zero-order valence-electron chi connectivity index (χ0n) is 13.1. The number of aliphatic imine (C=N–C) groups is 2. The fraction of sp³-hybridized carbons (Fsp3) is 0.333. The van der Waals surface area contributed by atoms with Crippen LogP contribution < -0.4 is 0 Å². The minimum absolute atomic E-state index is 0.0364. The van der Waals surface area contributed by atoms with Gasteiger partial charge in [-0.05, 0) is 24.3 Å². The summed E-state index contributed by atoms with van der Waals surface area (Å²) >= 11 is 0. The molecular weight excluding hydrogens is 276 g/mol. The fourth-order valence-corrected chi connectivity index (χ4v) is 2.15. The maximum absolute atomic E-state index is 11.8. The molecule has 114 valence electrons. The molecular formula is C18H20N2O2. The first kappa shape index (κ1) is 15.9. The van der Waals surface area contributed by atoms with Crippen molar-refractivity contribution in [2.45, 2.75) is 26.8 Å². The first-order valence-electron chi connectivity index (χ1n) is 7.43. The summed E-state index contributed by atoms with van der Waals surface area (Å²) in [6.07, 6.45) is 0. The Morgan fingerprint density at radius 1 is 1.18 bits per heavy atom. The Morgan fingerprint density at radius 3 is 2.64 bits per heavy atom. The lowest BCUT2D eigenvalue weighted by molar-refractivity contribution is -0.145. The van der Waals surface area contributed by atoms with E-state index in [1.807, 2.05) is 56.3 Å². The molecule has 0 amide bonds. The van der Waals surface area contributed by atoms with Gasteiger partial charge in [-0.1, -0.05) is 50.2 Å². The van der Waals surface area contributed by atoms with Gasteiger partial charge >= 0.3 is 5.97 Å². The largest absolute Gasteiger partial charge is 0.464 e. The van der Waals surface area contributed by atoms with Crippen molar-refractivity contribution in [3.8, 4) is 0 Å². The molecule has 4 nitrogen and oxygen atoms in total. The number of ether oxygens (including phenoxy) is 1. The Hall–Kier alpha value is -2.45.